The predicted molar refractivity (Wildman–Crippen MR) is 35.6 cm³/mol. The summed E-state index contributed by atoms with van der Waals surface area (Å²) in [7, 11) is 0. The highest BCUT2D eigenvalue weighted by molar-refractivity contribution is 4.40. The van der Waals surface area contributed by atoms with Crippen LogP contribution < -0.4 is 5.32 Å². The summed E-state index contributed by atoms with van der Waals surface area (Å²) in [5.41, 5.74) is 13.5. The van der Waals surface area contributed by atoms with Crippen molar-refractivity contribution in [1.29, 1.82) is 0 Å². The number of hydrogen-bond acceptors (Lipinski definition) is 0. The molecule has 0 radical (unpaired) electrons. The maximum Gasteiger partial charge on any atom is 0.0755 e. The minimum atomic E-state index is 1.38. The molecule has 1 heterocycles. The second-order valence-corrected chi connectivity index (χ2v) is 2.02. The molecule has 9 heavy (non-hydrogen) atoms. The summed E-state index contributed by atoms with van der Waals surface area (Å²) in [5, 5.41) is 2.39. The van der Waals surface area contributed by atoms with Crippen molar-refractivity contribution in [2.45, 2.75) is 19.3 Å². The monoisotopic (exact) mass is 128 g/mol. The molecular formula is C5H12N4. The molecule has 0 atom stereocenters. The summed E-state index contributed by atoms with van der Waals surface area (Å²) >= 11 is 0. The van der Waals surface area contributed by atoms with Gasteiger partial charge >= 0.3 is 0 Å². The third-order valence-corrected chi connectivity index (χ3v) is 1.32. The van der Waals surface area contributed by atoms with Crippen molar-refractivity contribution < 1.29 is 5.32 Å². The van der Waals surface area contributed by atoms with Gasteiger partial charge in [-0.05, 0) is 19.3 Å². The molecule has 0 bridgehead atoms. The van der Waals surface area contributed by atoms with E-state index in [0.29, 0.717) is 0 Å². The van der Waals surface area contributed by atoms with Crippen LogP contribution in [-0.4, -0.2) is 13.1 Å². The molecule has 0 aromatic rings. The molecule has 1 aliphatic rings. The zero-order chi connectivity index (χ0) is 6.95. The SMILES string of the molecule is C1CC[NH2+]CC1.[N-]=[N+]=[N-]. The van der Waals surface area contributed by atoms with E-state index in [1.165, 1.54) is 37.3 Å². The molecule has 4 nitrogen and oxygen atoms in total. The lowest BCUT2D eigenvalue weighted by molar-refractivity contribution is -0.662. The molecule has 52 valence electrons. The summed E-state index contributed by atoms with van der Waals surface area (Å²) in [4.78, 5) is 1.50. The van der Waals surface area contributed by atoms with Gasteiger partial charge in [0.2, 0.25) is 0 Å². The standard InChI is InChI=1S/C5H11N.N3/c1-2-4-6-5-3-1;1-3-2/h6H,1-5H2;/q;-1/p+1. The predicted octanol–water partition coefficient (Wildman–Crippen LogP) is 0.600. The Balaban J connectivity index is 0.000000187. The molecule has 1 fully saturated rings. The highest BCUT2D eigenvalue weighted by atomic mass is 15.0. The Kier molecular flexibility index (Phi) is 6.68. The van der Waals surface area contributed by atoms with Crippen molar-refractivity contribution in [2.24, 2.45) is 0 Å². The Morgan fingerprint density at radius 3 is 1.56 bits per heavy atom. The van der Waals surface area contributed by atoms with Gasteiger partial charge in [0, 0.05) is 0 Å². The molecule has 1 rings (SSSR count). The molecular weight excluding hydrogens is 116 g/mol. The molecule has 2 N–H and O–H groups in total. The third-order valence-electron chi connectivity index (χ3n) is 1.32. The molecule has 0 aliphatic carbocycles. The summed E-state index contributed by atoms with van der Waals surface area (Å²) < 4.78 is 0. The van der Waals surface area contributed by atoms with E-state index in [-0.39, 0.29) is 0 Å². The highest BCUT2D eigenvalue weighted by Gasteiger charge is 1.97. The zero-order valence-corrected chi connectivity index (χ0v) is 5.45. The molecule has 0 aromatic carbocycles. The first-order valence-electron chi connectivity index (χ1n) is 3.22. The smallest absolute Gasteiger partial charge is 0.0755 e. The van der Waals surface area contributed by atoms with Gasteiger partial charge in [0.15, 0.2) is 0 Å². The van der Waals surface area contributed by atoms with E-state index in [4.69, 9.17) is 11.1 Å². The van der Waals surface area contributed by atoms with Crippen LogP contribution in [0.15, 0.2) is 0 Å². The quantitative estimate of drug-likeness (QED) is 0.282. The van der Waals surface area contributed by atoms with E-state index < -0.39 is 0 Å². The van der Waals surface area contributed by atoms with E-state index in [0.717, 1.165) is 0 Å². The van der Waals surface area contributed by atoms with E-state index in [9.17, 15) is 0 Å². The minimum absolute atomic E-state index is 1.38. The van der Waals surface area contributed by atoms with Gasteiger partial charge in [0.1, 0.15) is 0 Å². The average Bonchev–Trinajstić information content (AvgIpc) is 1.93. The number of nitrogens with zero attached hydrogens (tertiary/aromatic N) is 3. The van der Waals surface area contributed by atoms with Crippen LogP contribution in [-0.2, 0) is 0 Å². The summed E-state index contributed by atoms with van der Waals surface area (Å²) in [6.07, 6.45) is 4.36. The van der Waals surface area contributed by atoms with Gasteiger partial charge in [0.05, 0.1) is 13.1 Å². The van der Waals surface area contributed by atoms with Crippen molar-refractivity contribution in [3.05, 3.63) is 16.0 Å². The number of quaternary nitrogens is 1. The fourth-order valence-electron chi connectivity index (χ4n) is 0.898. The number of hydrogen-bond donors (Lipinski definition) is 1. The molecule has 0 amide bonds. The van der Waals surface area contributed by atoms with Crippen LogP contribution in [0.4, 0.5) is 0 Å². The average molecular weight is 128 g/mol. The number of piperidine rings is 1. The van der Waals surface area contributed by atoms with Crippen LogP contribution in [0, 0.1) is 0 Å². The van der Waals surface area contributed by atoms with Gasteiger partial charge in [-0.3, -0.25) is 4.91 Å². The third kappa shape index (κ3) is 7.27. The van der Waals surface area contributed by atoms with Crippen LogP contribution in [0.25, 0.3) is 16.0 Å². The van der Waals surface area contributed by atoms with Crippen molar-refractivity contribution in [3.8, 4) is 0 Å². The fourth-order valence-corrected chi connectivity index (χ4v) is 0.898. The second kappa shape index (κ2) is 7.27. The fraction of sp³-hybridized carbons (Fsp3) is 1.00. The van der Waals surface area contributed by atoms with E-state index in [1.54, 1.807) is 0 Å². The van der Waals surface area contributed by atoms with Crippen LogP contribution in [0.3, 0.4) is 0 Å². The van der Waals surface area contributed by atoms with E-state index in [2.05, 4.69) is 5.32 Å². The van der Waals surface area contributed by atoms with Crippen LogP contribution >= 0.6 is 0 Å². The second-order valence-electron chi connectivity index (χ2n) is 2.02. The van der Waals surface area contributed by atoms with Gasteiger partial charge in [-0.1, -0.05) is 0 Å². The molecule has 1 aliphatic heterocycles. The number of nitrogens with two attached hydrogens (primary N) is 1. The molecule has 1 saturated heterocycles. The van der Waals surface area contributed by atoms with E-state index >= 15 is 0 Å². The number of rotatable bonds is 0. The van der Waals surface area contributed by atoms with Crippen molar-refractivity contribution in [2.75, 3.05) is 13.1 Å². The summed E-state index contributed by atoms with van der Waals surface area (Å²) in [6.45, 7) is 2.75. The maximum atomic E-state index is 6.75. The Morgan fingerprint density at radius 1 is 1.00 bits per heavy atom. The highest BCUT2D eigenvalue weighted by Crippen LogP contribution is 1.91. The summed E-state index contributed by atoms with van der Waals surface area (Å²) in [6, 6.07) is 0. The Morgan fingerprint density at radius 2 is 1.44 bits per heavy atom. The normalized spacial score (nSPS) is 16.9. The van der Waals surface area contributed by atoms with Crippen molar-refractivity contribution in [1.82, 2.24) is 0 Å². The lowest BCUT2D eigenvalue weighted by atomic mass is 10.2. The molecule has 4 heteroatoms. The van der Waals surface area contributed by atoms with Crippen LogP contribution in [0.1, 0.15) is 19.3 Å². The summed E-state index contributed by atoms with van der Waals surface area (Å²) in [5.74, 6) is 0. The molecule has 0 saturated carbocycles. The first-order chi connectivity index (χ1) is 4.41. The van der Waals surface area contributed by atoms with Gasteiger partial charge < -0.3 is 16.4 Å². The topological polar surface area (TPSA) is 75.3 Å². The lowest BCUT2D eigenvalue weighted by Gasteiger charge is -2.05. The lowest BCUT2D eigenvalue weighted by Crippen LogP contribution is -2.85. The first-order valence-corrected chi connectivity index (χ1v) is 3.22. The molecule has 0 spiro atoms. The Bertz CT molecular complexity index is 69.4. The Hall–Kier alpha value is -0.730. The minimum Gasteiger partial charge on any atom is -0.373 e. The first kappa shape index (κ1) is 8.27. The zero-order valence-electron chi connectivity index (χ0n) is 5.45. The van der Waals surface area contributed by atoms with E-state index in [1.807, 2.05) is 0 Å². The van der Waals surface area contributed by atoms with Gasteiger partial charge in [-0.2, -0.15) is 0 Å². The Labute approximate surface area is 54.7 Å². The van der Waals surface area contributed by atoms with Crippen LogP contribution in [0.5, 0.6) is 0 Å². The van der Waals surface area contributed by atoms with Crippen molar-refractivity contribution in [3.63, 3.8) is 0 Å². The van der Waals surface area contributed by atoms with Gasteiger partial charge in [-0.15, -0.1) is 0 Å². The molecule has 0 aromatic heterocycles. The largest absolute Gasteiger partial charge is 0.373 e. The van der Waals surface area contributed by atoms with Crippen molar-refractivity contribution >= 4 is 0 Å². The van der Waals surface area contributed by atoms with Gasteiger partial charge in [-0.25, -0.2) is 0 Å². The van der Waals surface area contributed by atoms with Crippen LogP contribution in [0.2, 0.25) is 0 Å². The van der Waals surface area contributed by atoms with Gasteiger partial charge in [0.25, 0.3) is 0 Å². The maximum absolute atomic E-state index is 6.75. The molecule has 0 unspecified atom stereocenters.